The van der Waals surface area contributed by atoms with Crippen LogP contribution in [0.1, 0.15) is 26.2 Å². The van der Waals surface area contributed by atoms with E-state index in [9.17, 15) is 13.2 Å². The molecule has 0 aromatic rings. The van der Waals surface area contributed by atoms with Gasteiger partial charge in [-0.3, -0.25) is 4.79 Å². The molecule has 4 heteroatoms. The molecule has 1 aliphatic rings. The van der Waals surface area contributed by atoms with Crippen LogP contribution in [0.2, 0.25) is 0 Å². The van der Waals surface area contributed by atoms with Gasteiger partial charge in [0.2, 0.25) is 0 Å². The van der Waals surface area contributed by atoms with Gasteiger partial charge in [0, 0.05) is 12.3 Å². The lowest BCUT2D eigenvalue weighted by Gasteiger charge is -2.03. The first-order valence-electron chi connectivity index (χ1n) is 4.28. The van der Waals surface area contributed by atoms with Crippen molar-refractivity contribution in [2.45, 2.75) is 26.2 Å². The predicted molar refractivity (Wildman–Crippen MR) is 46.7 cm³/mol. The van der Waals surface area contributed by atoms with Crippen LogP contribution >= 0.6 is 0 Å². The summed E-state index contributed by atoms with van der Waals surface area (Å²) in [6.45, 7) is 1.93. The van der Waals surface area contributed by atoms with Gasteiger partial charge in [-0.05, 0) is 12.8 Å². The SMILES string of the molecule is CCCC(=O)C1CCS(=O)(=O)C1. The summed E-state index contributed by atoms with van der Waals surface area (Å²) in [5.41, 5.74) is 0. The van der Waals surface area contributed by atoms with Crippen molar-refractivity contribution in [2.24, 2.45) is 5.92 Å². The molecule has 0 aliphatic carbocycles. The van der Waals surface area contributed by atoms with Crippen LogP contribution in [-0.4, -0.2) is 25.7 Å². The average molecular weight is 190 g/mol. The Morgan fingerprint density at radius 1 is 1.50 bits per heavy atom. The molecule has 1 unspecified atom stereocenters. The Labute approximate surface area is 73.1 Å². The Bertz CT molecular complexity index is 266. The molecule has 0 saturated carbocycles. The number of hydrogen-bond acceptors (Lipinski definition) is 3. The molecule has 70 valence electrons. The van der Waals surface area contributed by atoms with Crippen LogP contribution in [0, 0.1) is 5.92 Å². The van der Waals surface area contributed by atoms with Gasteiger partial charge in [-0.15, -0.1) is 0 Å². The van der Waals surface area contributed by atoms with Crippen molar-refractivity contribution in [3.8, 4) is 0 Å². The molecule has 1 rings (SSSR count). The number of Topliss-reactive ketones (excluding diaryl/α,β-unsaturated/α-hetero) is 1. The zero-order valence-electron chi connectivity index (χ0n) is 7.25. The van der Waals surface area contributed by atoms with E-state index in [4.69, 9.17) is 0 Å². The van der Waals surface area contributed by atoms with Gasteiger partial charge < -0.3 is 0 Å². The molecule has 1 saturated heterocycles. The highest BCUT2D eigenvalue weighted by molar-refractivity contribution is 7.91. The van der Waals surface area contributed by atoms with Crippen molar-refractivity contribution >= 4 is 15.6 Å². The van der Waals surface area contributed by atoms with Crippen LogP contribution in [-0.2, 0) is 14.6 Å². The van der Waals surface area contributed by atoms with Gasteiger partial charge in [-0.1, -0.05) is 6.92 Å². The van der Waals surface area contributed by atoms with Gasteiger partial charge in [-0.25, -0.2) is 8.42 Å². The Balaban J connectivity index is 2.53. The fraction of sp³-hybridized carbons (Fsp3) is 0.875. The Hall–Kier alpha value is -0.380. The fourth-order valence-electron chi connectivity index (χ4n) is 1.50. The van der Waals surface area contributed by atoms with E-state index >= 15 is 0 Å². The third-order valence-corrected chi connectivity index (χ3v) is 3.95. The molecule has 0 spiro atoms. The Morgan fingerprint density at radius 3 is 2.58 bits per heavy atom. The number of ketones is 1. The van der Waals surface area contributed by atoms with Crippen molar-refractivity contribution in [1.82, 2.24) is 0 Å². The molecular weight excluding hydrogens is 176 g/mol. The minimum atomic E-state index is -2.88. The Morgan fingerprint density at radius 2 is 2.17 bits per heavy atom. The molecule has 1 aliphatic heterocycles. The van der Waals surface area contributed by atoms with E-state index in [1.165, 1.54) is 0 Å². The second-order valence-electron chi connectivity index (χ2n) is 3.32. The number of sulfone groups is 1. The third-order valence-electron chi connectivity index (χ3n) is 2.18. The minimum Gasteiger partial charge on any atom is -0.299 e. The molecule has 0 amide bonds. The molecule has 3 nitrogen and oxygen atoms in total. The molecule has 1 heterocycles. The maximum atomic E-state index is 11.3. The molecule has 0 N–H and O–H groups in total. The highest BCUT2D eigenvalue weighted by atomic mass is 32.2. The van der Waals surface area contributed by atoms with Gasteiger partial charge in [0.05, 0.1) is 11.5 Å². The number of carbonyl (C=O) groups is 1. The van der Waals surface area contributed by atoms with E-state index in [0.717, 1.165) is 6.42 Å². The predicted octanol–water partition coefficient (Wildman–Crippen LogP) is 0.790. The number of hydrogen-bond donors (Lipinski definition) is 0. The van der Waals surface area contributed by atoms with E-state index in [1.54, 1.807) is 0 Å². The second-order valence-corrected chi connectivity index (χ2v) is 5.54. The van der Waals surface area contributed by atoms with Crippen molar-refractivity contribution in [3.63, 3.8) is 0 Å². The monoisotopic (exact) mass is 190 g/mol. The smallest absolute Gasteiger partial charge is 0.151 e. The molecule has 1 atom stereocenters. The van der Waals surface area contributed by atoms with Crippen LogP contribution in [0.15, 0.2) is 0 Å². The van der Waals surface area contributed by atoms with Crippen LogP contribution in [0.4, 0.5) is 0 Å². The average Bonchev–Trinajstić information content (AvgIpc) is 2.31. The summed E-state index contributed by atoms with van der Waals surface area (Å²) in [4.78, 5) is 11.3. The van der Waals surface area contributed by atoms with Crippen molar-refractivity contribution in [3.05, 3.63) is 0 Å². The van der Waals surface area contributed by atoms with E-state index < -0.39 is 9.84 Å². The molecule has 0 radical (unpaired) electrons. The highest BCUT2D eigenvalue weighted by Gasteiger charge is 2.31. The maximum absolute atomic E-state index is 11.3. The number of carbonyl (C=O) groups excluding carboxylic acids is 1. The van der Waals surface area contributed by atoms with E-state index in [0.29, 0.717) is 12.8 Å². The van der Waals surface area contributed by atoms with Crippen LogP contribution in [0.5, 0.6) is 0 Å². The largest absolute Gasteiger partial charge is 0.299 e. The summed E-state index contributed by atoms with van der Waals surface area (Å²) < 4.78 is 22.0. The van der Waals surface area contributed by atoms with Crippen molar-refractivity contribution in [1.29, 1.82) is 0 Å². The lowest BCUT2D eigenvalue weighted by Crippen LogP contribution is -2.15. The van der Waals surface area contributed by atoms with Gasteiger partial charge in [-0.2, -0.15) is 0 Å². The van der Waals surface area contributed by atoms with E-state index in [1.807, 2.05) is 6.92 Å². The zero-order chi connectivity index (χ0) is 9.19. The molecule has 0 bridgehead atoms. The van der Waals surface area contributed by atoms with E-state index in [2.05, 4.69) is 0 Å². The topological polar surface area (TPSA) is 51.2 Å². The van der Waals surface area contributed by atoms with Gasteiger partial charge >= 0.3 is 0 Å². The minimum absolute atomic E-state index is 0.0891. The van der Waals surface area contributed by atoms with E-state index in [-0.39, 0.29) is 23.2 Å². The summed E-state index contributed by atoms with van der Waals surface area (Å²) in [6.07, 6.45) is 1.89. The lowest BCUT2D eigenvalue weighted by molar-refractivity contribution is -0.122. The quantitative estimate of drug-likeness (QED) is 0.661. The zero-order valence-corrected chi connectivity index (χ0v) is 8.06. The van der Waals surface area contributed by atoms with Gasteiger partial charge in [0.1, 0.15) is 5.78 Å². The summed E-state index contributed by atoms with van der Waals surface area (Å²) in [5, 5.41) is 0. The Kier molecular flexibility index (Phi) is 2.88. The first-order chi connectivity index (χ1) is 5.55. The van der Waals surface area contributed by atoms with Gasteiger partial charge in [0.15, 0.2) is 9.84 Å². The summed E-state index contributed by atoms with van der Waals surface area (Å²) in [7, 11) is -2.88. The highest BCUT2D eigenvalue weighted by Crippen LogP contribution is 2.20. The molecule has 12 heavy (non-hydrogen) atoms. The summed E-state index contributed by atoms with van der Waals surface area (Å²) in [6, 6.07) is 0. The van der Waals surface area contributed by atoms with Crippen molar-refractivity contribution in [2.75, 3.05) is 11.5 Å². The first-order valence-corrected chi connectivity index (χ1v) is 6.10. The van der Waals surface area contributed by atoms with Crippen LogP contribution in [0.25, 0.3) is 0 Å². The summed E-state index contributed by atoms with van der Waals surface area (Å²) >= 11 is 0. The van der Waals surface area contributed by atoms with Gasteiger partial charge in [0.25, 0.3) is 0 Å². The lowest BCUT2D eigenvalue weighted by atomic mass is 10.0. The molecule has 0 aromatic heterocycles. The molecule has 1 fully saturated rings. The first kappa shape index (κ1) is 9.71. The fourth-order valence-corrected chi connectivity index (χ4v) is 3.28. The molecule has 0 aromatic carbocycles. The normalized spacial score (nSPS) is 27.2. The maximum Gasteiger partial charge on any atom is 0.151 e. The van der Waals surface area contributed by atoms with Crippen LogP contribution in [0.3, 0.4) is 0 Å². The second kappa shape index (κ2) is 3.56. The number of rotatable bonds is 3. The standard InChI is InChI=1S/C8H14O3S/c1-2-3-8(9)7-4-5-12(10,11)6-7/h7H,2-6H2,1H3. The molecular formula is C8H14O3S. The van der Waals surface area contributed by atoms with Crippen molar-refractivity contribution < 1.29 is 13.2 Å². The summed E-state index contributed by atoms with van der Waals surface area (Å²) in [5.74, 6) is 0.215. The van der Waals surface area contributed by atoms with Crippen LogP contribution < -0.4 is 0 Å². The third kappa shape index (κ3) is 2.30.